The van der Waals surface area contributed by atoms with Crippen LogP contribution < -0.4 is 16.2 Å². The molecule has 0 unspecified atom stereocenters. The van der Waals surface area contributed by atoms with E-state index in [4.69, 9.17) is 0 Å². The molecule has 6 nitrogen and oxygen atoms in total. The molecule has 23 heavy (non-hydrogen) atoms. The van der Waals surface area contributed by atoms with Gasteiger partial charge in [-0.3, -0.25) is 14.2 Å². The molecule has 7 heteroatoms. The van der Waals surface area contributed by atoms with Gasteiger partial charge < -0.3 is 10.6 Å². The van der Waals surface area contributed by atoms with Crippen molar-refractivity contribution < 1.29 is 4.79 Å². The zero-order valence-corrected chi connectivity index (χ0v) is 13.7. The summed E-state index contributed by atoms with van der Waals surface area (Å²) in [6.45, 7) is 4.13. The number of hydrogen-bond acceptors (Lipinski definition) is 5. The summed E-state index contributed by atoms with van der Waals surface area (Å²) in [5.41, 5.74) is 1.49. The highest BCUT2D eigenvalue weighted by atomic mass is 32.2. The summed E-state index contributed by atoms with van der Waals surface area (Å²) in [4.78, 5) is 29.1. The molecule has 0 radical (unpaired) electrons. The van der Waals surface area contributed by atoms with Crippen LogP contribution in [0.15, 0.2) is 40.4 Å². The average Bonchev–Trinajstić information content (AvgIpc) is 3.04. The number of benzene rings is 1. The van der Waals surface area contributed by atoms with Crippen molar-refractivity contribution in [1.29, 1.82) is 0 Å². The monoisotopic (exact) mass is 330 g/mol. The fraction of sp³-hybridized carbons (Fsp3) is 0.312. The van der Waals surface area contributed by atoms with E-state index in [1.807, 2.05) is 31.2 Å². The Bertz CT molecular complexity index is 788. The van der Waals surface area contributed by atoms with Gasteiger partial charge in [-0.1, -0.05) is 36.9 Å². The molecule has 120 valence electrons. The second-order valence-electron chi connectivity index (χ2n) is 5.15. The number of nitrogens with zero attached hydrogens (tertiary/aromatic N) is 2. The minimum atomic E-state index is -0.418. The number of amides is 1. The van der Waals surface area contributed by atoms with Crippen molar-refractivity contribution in [2.75, 3.05) is 17.6 Å². The van der Waals surface area contributed by atoms with Gasteiger partial charge in [-0.2, -0.15) is 0 Å². The van der Waals surface area contributed by atoms with Gasteiger partial charge in [0.1, 0.15) is 5.56 Å². The maximum absolute atomic E-state index is 12.5. The lowest BCUT2D eigenvalue weighted by Crippen LogP contribution is -2.29. The summed E-state index contributed by atoms with van der Waals surface area (Å²) >= 11 is 1.53. The normalized spacial score (nSPS) is 12.9. The minimum Gasteiger partial charge on any atom is -0.321 e. The highest BCUT2D eigenvalue weighted by Crippen LogP contribution is 2.21. The highest BCUT2D eigenvalue weighted by molar-refractivity contribution is 7.99. The van der Waals surface area contributed by atoms with Crippen molar-refractivity contribution in [1.82, 2.24) is 14.9 Å². The molecule has 1 aliphatic rings. The summed E-state index contributed by atoms with van der Waals surface area (Å²) in [6, 6.07) is 7.56. The Morgan fingerprint density at radius 1 is 1.39 bits per heavy atom. The Kier molecular flexibility index (Phi) is 4.78. The number of anilines is 1. The van der Waals surface area contributed by atoms with Crippen LogP contribution in [0.3, 0.4) is 0 Å². The highest BCUT2D eigenvalue weighted by Gasteiger charge is 2.20. The van der Waals surface area contributed by atoms with Crippen molar-refractivity contribution in [3.05, 3.63) is 51.9 Å². The van der Waals surface area contributed by atoms with Crippen LogP contribution in [0.4, 0.5) is 5.69 Å². The molecule has 0 saturated carbocycles. The summed E-state index contributed by atoms with van der Waals surface area (Å²) in [6.07, 6.45) is 1.37. The predicted octanol–water partition coefficient (Wildman–Crippen LogP) is 1.71. The molecule has 0 spiro atoms. The molecule has 3 rings (SSSR count). The number of aromatic nitrogens is 2. The predicted molar refractivity (Wildman–Crippen MR) is 91.0 cm³/mol. The summed E-state index contributed by atoms with van der Waals surface area (Å²) in [7, 11) is 0. The van der Waals surface area contributed by atoms with Crippen LogP contribution in [0.25, 0.3) is 0 Å². The van der Waals surface area contributed by atoms with Crippen LogP contribution in [0, 0.1) is 0 Å². The third-order valence-corrected chi connectivity index (χ3v) is 4.60. The molecule has 1 aromatic carbocycles. The van der Waals surface area contributed by atoms with Crippen molar-refractivity contribution in [3.63, 3.8) is 0 Å². The van der Waals surface area contributed by atoms with E-state index in [2.05, 4.69) is 15.6 Å². The fourth-order valence-corrected chi connectivity index (χ4v) is 3.33. The van der Waals surface area contributed by atoms with Crippen LogP contribution in [-0.2, 0) is 13.1 Å². The standard InChI is InChI=1S/C16H18N4O2S/c1-2-17-9-11-5-3-4-6-13(11)19-14(21)12-10-18-16-20(15(12)22)7-8-23-16/h3-6,10,17H,2,7-9H2,1H3,(H,19,21). The summed E-state index contributed by atoms with van der Waals surface area (Å²) in [5.74, 6) is 0.400. The van der Waals surface area contributed by atoms with E-state index >= 15 is 0 Å². The molecule has 1 aliphatic heterocycles. The number of thioether (sulfide) groups is 1. The van der Waals surface area contributed by atoms with Crippen LogP contribution in [0.1, 0.15) is 22.8 Å². The van der Waals surface area contributed by atoms with Crippen molar-refractivity contribution in [2.24, 2.45) is 0 Å². The zero-order chi connectivity index (χ0) is 16.2. The maximum atomic E-state index is 12.5. The first-order valence-corrected chi connectivity index (χ1v) is 8.52. The molecule has 0 atom stereocenters. The Balaban J connectivity index is 1.84. The number of rotatable bonds is 5. The topological polar surface area (TPSA) is 76.0 Å². The Morgan fingerprint density at radius 2 is 2.22 bits per heavy atom. The molecule has 1 aromatic heterocycles. The number of nitrogens with one attached hydrogen (secondary N) is 2. The van der Waals surface area contributed by atoms with Gasteiger partial charge in [0.15, 0.2) is 5.16 Å². The van der Waals surface area contributed by atoms with E-state index < -0.39 is 5.91 Å². The number of carbonyl (C=O) groups is 1. The van der Waals surface area contributed by atoms with Crippen LogP contribution >= 0.6 is 11.8 Å². The van der Waals surface area contributed by atoms with Crippen molar-refractivity contribution in [2.45, 2.75) is 25.2 Å². The number of hydrogen-bond donors (Lipinski definition) is 2. The van der Waals surface area contributed by atoms with Gasteiger partial charge in [-0.05, 0) is 18.2 Å². The first-order chi connectivity index (χ1) is 11.2. The molecule has 2 aromatic rings. The van der Waals surface area contributed by atoms with Crippen molar-refractivity contribution in [3.8, 4) is 0 Å². The van der Waals surface area contributed by atoms with Crippen molar-refractivity contribution >= 4 is 23.4 Å². The fourth-order valence-electron chi connectivity index (χ4n) is 2.42. The van der Waals surface area contributed by atoms with E-state index in [1.165, 1.54) is 18.0 Å². The quantitative estimate of drug-likeness (QED) is 0.816. The molecule has 0 fully saturated rings. The number of para-hydroxylation sites is 1. The summed E-state index contributed by atoms with van der Waals surface area (Å²) in [5, 5.41) is 6.74. The average molecular weight is 330 g/mol. The summed E-state index contributed by atoms with van der Waals surface area (Å²) < 4.78 is 1.56. The molecule has 0 bridgehead atoms. The zero-order valence-electron chi connectivity index (χ0n) is 12.8. The van der Waals surface area contributed by atoms with E-state index in [-0.39, 0.29) is 11.1 Å². The molecule has 2 heterocycles. The molecule has 0 saturated heterocycles. The van der Waals surface area contributed by atoms with Crippen LogP contribution in [0.2, 0.25) is 0 Å². The third kappa shape index (κ3) is 3.30. The van der Waals surface area contributed by atoms with Gasteiger partial charge in [-0.25, -0.2) is 4.98 Å². The van der Waals surface area contributed by atoms with Gasteiger partial charge in [0.2, 0.25) is 0 Å². The van der Waals surface area contributed by atoms with Gasteiger partial charge in [0, 0.05) is 30.7 Å². The van der Waals surface area contributed by atoms with Crippen LogP contribution in [0.5, 0.6) is 0 Å². The first-order valence-electron chi connectivity index (χ1n) is 7.53. The largest absolute Gasteiger partial charge is 0.321 e. The Labute approximate surface area is 138 Å². The van der Waals surface area contributed by atoms with Crippen LogP contribution in [-0.4, -0.2) is 27.8 Å². The lowest BCUT2D eigenvalue weighted by Gasteiger charge is -2.11. The SMILES string of the molecule is CCNCc1ccccc1NC(=O)c1cnc2n(c1=O)CCS2. The van der Waals surface area contributed by atoms with E-state index in [9.17, 15) is 9.59 Å². The number of fused-ring (bicyclic) bond motifs is 1. The second kappa shape index (κ2) is 6.97. The lowest BCUT2D eigenvalue weighted by atomic mass is 10.1. The third-order valence-electron chi connectivity index (χ3n) is 3.63. The van der Waals surface area contributed by atoms with Gasteiger partial charge in [-0.15, -0.1) is 0 Å². The Morgan fingerprint density at radius 3 is 3.04 bits per heavy atom. The molecule has 0 aliphatic carbocycles. The van der Waals surface area contributed by atoms with E-state index in [1.54, 1.807) is 4.57 Å². The first kappa shape index (κ1) is 15.8. The van der Waals surface area contributed by atoms with Gasteiger partial charge in [0.25, 0.3) is 11.5 Å². The molecule has 1 amide bonds. The maximum Gasteiger partial charge on any atom is 0.267 e. The molecule has 2 N–H and O–H groups in total. The minimum absolute atomic E-state index is 0.0782. The Hall–Kier alpha value is -2.12. The van der Waals surface area contributed by atoms with Gasteiger partial charge in [0.05, 0.1) is 0 Å². The smallest absolute Gasteiger partial charge is 0.267 e. The van der Waals surface area contributed by atoms with E-state index in [0.29, 0.717) is 23.9 Å². The molecular weight excluding hydrogens is 312 g/mol. The molecular formula is C16H18N4O2S. The second-order valence-corrected chi connectivity index (χ2v) is 6.21. The van der Waals surface area contributed by atoms with Gasteiger partial charge >= 0.3 is 0 Å². The number of carbonyl (C=O) groups excluding carboxylic acids is 1. The lowest BCUT2D eigenvalue weighted by molar-refractivity contribution is 0.102. The van der Waals surface area contributed by atoms with E-state index in [0.717, 1.165) is 17.9 Å².